The molecule has 1 amide bonds. The van der Waals surface area contributed by atoms with Crippen molar-refractivity contribution in [1.82, 2.24) is 15.0 Å². The van der Waals surface area contributed by atoms with Crippen LogP contribution in [0.2, 0.25) is 5.02 Å². The van der Waals surface area contributed by atoms with E-state index in [4.69, 9.17) is 16.1 Å². The molecule has 0 bridgehead atoms. The van der Waals surface area contributed by atoms with E-state index >= 15 is 0 Å². The fourth-order valence-electron chi connectivity index (χ4n) is 2.41. The standard InChI is InChI=1S/C17H15ClN4O4S/c1-21(9-12-8-13(22(24)25)2-3-14(12)18)16(23)5-4-15-19-17(20-26-15)11-6-7-27-10-11/h2-3,6-8,10H,4-5,9H2,1H3. The summed E-state index contributed by atoms with van der Waals surface area (Å²) in [5, 5.41) is 19.0. The molecule has 8 nitrogen and oxygen atoms in total. The number of nitro benzene ring substituents is 1. The highest BCUT2D eigenvalue weighted by atomic mass is 35.5. The molecule has 1 aromatic carbocycles. The van der Waals surface area contributed by atoms with Crippen molar-refractivity contribution in [3.8, 4) is 11.4 Å². The molecule has 0 unspecified atom stereocenters. The zero-order chi connectivity index (χ0) is 19.4. The summed E-state index contributed by atoms with van der Waals surface area (Å²) in [7, 11) is 1.61. The number of non-ortho nitro benzene ring substituents is 1. The maximum Gasteiger partial charge on any atom is 0.269 e. The number of hydrogen-bond acceptors (Lipinski definition) is 7. The van der Waals surface area contributed by atoms with Crippen molar-refractivity contribution in [3.63, 3.8) is 0 Å². The first-order valence-corrected chi connectivity index (χ1v) is 9.28. The third-order valence-electron chi connectivity index (χ3n) is 3.87. The highest BCUT2D eigenvalue weighted by Crippen LogP contribution is 2.23. The molecule has 2 heterocycles. The van der Waals surface area contributed by atoms with Gasteiger partial charge in [-0.1, -0.05) is 16.8 Å². The highest BCUT2D eigenvalue weighted by molar-refractivity contribution is 7.08. The Morgan fingerprint density at radius 1 is 1.41 bits per heavy atom. The van der Waals surface area contributed by atoms with Crippen LogP contribution >= 0.6 is 22.9 Å². The average molecular weight is 407 g/mol. The second-order valence-corrected chi connectivity index (χ2v) is 6.99. The van der Waals surface area contributed by atoms with Gasteiger partial charge in [0.15, 0.2) is 0 Å². The molecule has 0 N–H and O–H groups in total. The van der Waals surface area contributed by atoms with Gasteiger partial charge >= 0.3 is 0 Å². The van der Waals surface area contributed by atoms with Crippen molar-refractivity contribution in [2.24, 2.45) is 0 Å². The van der Waals surface area contributed by atoms with Crippen LogP contribution in [0.25, 0.3) is 11.4 Å². The van der Waals surface area contributed by atoms with E-state index in [1.54, 1.807) is 7.05 Å². The lowest BCUT2D eigenvalue weighted by atomic mass is 10.2. The number of halogens is 1. The Morgan fingerprint density at radius 3 is 2.93 bits per heavy atom. The molecule has 0 radical (unpaired) electrons. The quantitative estimate of drug-likeness (QED) is 0.434. The van der Waals surface area contributed by atoms with Crippen molar-refractivity contribution in [2.45, 2.75) is 19.4 Å². The molecule has 0 aliphatic heterocycles. The van der Waals surface area contributed by atoms with Gasteiger partial charge in [0, 0.05) is 54.5 Å². The predicted molar refractivity (Wildman–Crippen MR) is 101 cm³/mol. The second kappa shape index (κ2) is 8.28. The van der Waals surface area contributed by atoms with Gasteiger partial charge < -0.3 is 9.42 Å². The lowest BCUT2D eigenvalue weighted by Gasteiger charge is -2.17. The van der Waals surface area contributed by atoms with Crippen LogP contribution in [0.5, 0.6) is 0 Å². The van der Waals surface area contributed by atoms with Crippen molar-refractivity contribution < 1.29 is 14.2 Å². The van der Waals surface area contributed by atoms with E-state index in [-0.39, 0.29) is 24.6 Å². The molecule has 3 aromatic rings. The first-order valence-electron chi connectivity index (χ1n) is 7.96. The van der Waals surface area contributed by atoms with Crippen molar-refractivity contribution in [3.05, 3.63) is 61.6 Å². The number of rotatable bonds is 7. The number of aryl methyl sites for hydroxylation is 1. The van der Waals surface area contributed by atoms with Crippen LogP contribution in [-0.2, 0) is 17.8 Å². The maximum atomic E-state index is 12.3. The van der Waals surface area contributed by atoms with Gasteiger partial charge in [-0.3, -0.25) is 14.9 Å². The summed E-state index contributed by atoms with van der Waals surface area (Å²) in [5.74, 6) is 0.717. The predicted octanol–water partition coefficient (Wildman–Crippen LogP) is 3.95. The van der Waals surface area contributed by atoms with Gasteiger partial charge in [0.1, 0.15) is 0 Å². The molecule has 2 aromatic heterocycles. The molecular weight excluding hydrogens is 392 g/mol. The van der Waals surface area contributed by atoms with Crippen LogP contribution in [0.3, 0.4) is 0 Å². The Kier molecular flexibility index (Phi) is 5.82. The van der Waals surface area contributed by atoms with Gasteiger partial charge in [0.25, 0.3) is 5.69 Å². The van der Waals surface area contributed by atoms with E-state index in [1.165, 1.54) is 34.4 Å². The third-order valence-corrected chi connectivity index (χ3v) is 4.93. The Labute approximate surface area is 163 Å². The molecule has 10 heteroatoms. The number of benzene rings is 1. The van der Waals surface area contributed by atoms with Gasteiger partial charge in [0.05, 0.1) is 4.92 Å². The minimum Gasteiger partial charge on any atom is -0.341 e. The summed E-state index contributed by atoms with van der Waals surface area (Å²) in [6.45, 7) is 0.170. The Balaban J connectivity index is 1.58. The summed E-state index contributed by atoms with van der Waals surface area (Å²) in [6, 6.07) is 6.05. The summed E-state index contributed by atoms with van der Waals surface area (Å²) in [6.07, 6.45) is 0.483. The van der Waals surface area contributed by atoms with Crippen LogP contribution < -0.4 is 0 Å². The van der Waals surface area contributed by atoms with Crippen molar-refractivity contribution in [1.29, 1.82) is 0 Å². The van der Waals surface area contributed by atoms with E-state index in [0.29, 0.717) is 28.7 Å². The molecule has 0 atom stereocenters. The lowest BCUT2D eigenvalue weighted by molar-refractivity contribution is -0.384. The van der Waals surface area contributed by atoms with E-state index in [9.17, 15) is 14.9 Å². The number of aromatic nitrogens is 2. The van der Waals surface area contributed by atoms with Crippen molar-refractivity contribution in [2.75, 3.05) is 7.05 Å². The first-order chi connectivity index (χ1) is 12.9. The van der Waals surface area contributed by atoms with Crippen LogP contribution in [0.4, 0.5) is 5.69 Å². The molecule has 140 valence electrons. The molecule has 27 heavy (non-hydrogen) atoms. The van der Waals surface area contributed by atoms with E-state index in [2.05, 4.69) is 10.1 Å². The summed E-state index contributed by atoms with van der Waals surface area (Å²) in [5.41, 5.74) is 1.32. The van der Waals surface area contributed by atoms with E-state index in [0.717, 1.165) is 5.56 Å². The number of carbonyl (C=O) groups excluding carboxylic acids is 1. The largest absolute Gasteiger partial charge is 0.341 e. The highest BCUT2D eigenvalue weighted by Gasteiger charge is 2.16. The summed E-state index contributed by atoms with van der Waals surface area (Å²) >= 11 is 7.62. The smallest absolute Gasteiger partial charge is 0.269 e. The van der Waals surface area contributed by atoms with Crippen LogP contribution in [0, 0.1) is 10.1 Å². The molecular formula is C17H15ClN4O4S. The molecule has 0 aliphatic carbocycles. The molecule has 0 fully saturated rings. The molecule has 0 saturated carbocycles. The SMILES string of the molecule is CN(Cc1cc([N+](=O)[O-])ccc1Cl)C(=O)CCc1nc(-c2ccsc2)no1. The fourth-order valence-corrected chi connectivity index (χ4v) is 3.22. The number of thiophene rings is 1. The topological polar surface area (TPSA) is 102 Å². The number of hydrogen-bond donors (Lipinski definition) is 0. The Bertz CT molecular complexity index is 958. The fraction of sp³-hybridized carbons (Fsp3) is 0.235. The van der Waals surface area contributed by atoms with Gasteiger partial charge in [-0.05, 0) is 23.1 Å². The third kappa shape index (κ3) is 4.69. The maximum absolute atomic E-state index is 12.3. The lowest BCUT2D eigenvalue weighted by Crippen LogP contribution is -2.26. The summed E-state index contributed by atoms with van der Waals surface area (Å²) in [4.78, 5) is 28.5. The zero-order valence-corrected chi connectivity index (χ0v) is 15.9. The number of nitrogens with zero attached hydrogens (tertiary/aromatic N) is 4. The van der Waals surface area contributed by atoms with Gasteiger partial charge in [0.2, 0.25) is 17.6 Å². The van der Waals surface area contributed by atoms with Gasteiger partial charge in [-0.2, -0.15) is 16.3 Å². The average Bonchev–Trinajstić information content (AvgIpc) is 3.32. The Hall–Kier alpha value is -2.78. The molecule has 0 aliphatic rings. The van der Waals surface area contributed by atoms with Gasteiger partial charge in [-0.15, -0.1) is 0 Å². The normalized spacial score (nSPS) is 10.7. The van der Waals surface area contributed by atoms with Crippen LogP contribution in [-0.4, -0.2) is 32.9 Å². The number of carbonyl (C=O) groups is 1. The Morgan fingerprint density at radius 2 is 2.22 bits per heavy atom. The molecule has 0 spiro atoms. The van der Waals surface area contributed by atoms with Crippen LogP contribution in [0.1, 0.15) is 17.9 Å². The van der Waals surface area contributed by atoms with Crippen LogP contribution in [0.15, 0.2) is 39.5 Å². The number of nitro groups is 1. The van der Waals surface area contributed by atoms with E-state index < -0.39 is 4.92 Å². The minimum atomic E-state index is -0.498. The summed E-state index contributed by atoms with van der Waals surface area (Å²) < 4.78 is 5.17. The second-order valence-electron chi connectivity index (χ2n) is 5.81. The zero-order valence-electron chi connectivity index (χ0n) is 14.3. The number of amides is 1. The molecule has 0 saturated heterocycles. The monoisotopic (exact) mass is 406 g/mol. The molecule has 3 rings (SSSR count). The van der Waals surface area contributed by atoms with E-state index in [1.807, 2.05) is 16.8 Å². The van der Waals surface area contributed by atoms with Gasteiger partial charge in [-0.25, -0.2) is 0 Å². The minimum absolute atomic E-state index is 0.0675. The first kappa shape index (κ1) is 19.0. The van der Waals surface area contributed by atoms with Crippen molar-refractivity contribution >= 4 is 34.5 Å².